The molecule has 0 aliphatic carbocycles. The minimum atomic E-state index is -0.597. The Hall–Kier alpha value is -2.82. The molecule has 0 saturated heterocycles. The number of fused-ring (bicyclic) bond motifs is 1. The van der Waals surface area contributed by atoms with E-state index in [4.69, 9.17) is 4.74 Å². The Morgan fingerprint density at radius 1 is 1.15 bits per heavy atom. The van der Waals surface area contributed by atoms with E-state index in [2.05, 4.69) is 11.4 Å². The van der Waals surface area contributed by atoms with Gasteiger partial charge in [0.2, 0.25) is 5.91 Å². The number of nitrogens with zero attached hydrogens (tertiary/aromatic N) is 1. The number of carbonyl (C=O) groups excluding carboxylic acids is 2. The minimum absolute atomic E-state index is 0.0866. The minimum Gasteiger partial charge on any atom is -0.494 e. The fraction of sp³-hybridized carbons (Fsp3) is 0.333. The number of aryl methyl sites for hydroxylation is 1. The summed E-state index contributed by atoms with van der Waals surface area (Å²) in [6, 6.07) is 14.3. The maximum atomic E-state index is 12.9. The number of amides is 2. The summed E-state index contributed by atoms with van der Waals surface area (Å²) in [5.41, 5.74) is 2.63. The highest BCUT2D eigenvalue weighted by Crippen LogP contribution is 2.27. The zero-order valence-electron chi connectivity index (χ0n) is 15.2. The van der Waals surface area contributed by atoms with Crippen molar-refractivity contribution in [1.29, 1.82) is 0 Å². The topological polar surface area (TPSA) is 58.6 Å². The third kappa shape index (κ3) is 3.87. The molecule has 1 aliphatic heterocycles. The molecule has 1 N–H and O–H groups in total. The number of hydrogen-bond donors (Lipinski definition) is 1. The second kappa shape index (κ2) is 8.04. The summed E-state index contributed by atoms with van der Waals surface area (Å²) in [5, 5.41) is 2.80. The van der Waals surface area contributed by atoms with Gasteiger partial charge in [0.15, 0.2) is 0 Å². The Morgan fingerprint density at radius 3 is 2.62 bits per heavy atom. The maximum Gasteiger partial charge on any atom is 0.251 e. The smallest absolute Gasteiger partial charge is 0.251 e. The molecule has 0 unspecified atom stereocenters. The summed E-state index contributed by atoms with van der Waals surface area (Å²) >= 11 is 0. The first-order chi connectivity index (χ1) is 12.6. The van der Waals surface area contributed by atoms with Crippen molar-refractivity contribution in [2.45, 2.75) is 32.7 Å². The highest BCUT2D eigenvalue weighted by atomic mass is 16.5. The number of para-hydroxylation sites is 1. The van der Waals surface area contributed by atoms with Gasteiger partial charge in [-0.2, -0.15) is 0 Å². The van der Waals surface area contributed by atoms with Gasteiger partial charge in [-0.1, -0.05) is 18.2 Å². The third-order valence-electron chi connectivity index (χ3n) is 4.52. The van der Waals surface area contributed by atoms with Crippen LogP contribution < -0.4 is 15.0 Å². The monoisotopic (exact) mass is 352 g/mol. The molecule has 2 aromatic rings. The molecule has 0 radical (unpaired) electrons. The molecule has 0 saturated carbocycles. The molecular weight excluding hydrogens is 328 g/mol. The molecule has 2 amide bonds. The van der Waals surface area contributed by atoms with E-state index in [9.17, 15) is 9.59 Å². The quantitative estimate of drug-likeness (QED) is 0.899. The Labute approximate surface area is 154 Å². The molecule has 26 heavy (non-hydrogen) atoms. The van der Waals surface area contributed by atoms with Crippen LogP contribution in [-0.2, 0) is 11.2 Å². The maximum absolute atomic E-state index is 12.9. The predicted octanol–water partition coefficient (Wildman–Crippen LogP) is 3.18. The predicted molar refractivity (Wildman–Crippen MR) is 102 cm³/mol. The van der Waals surface area contributed by atoms with E-state index in [-0.39, 0.29) is 11.8 Å². The van der Waals surface area contributed by atoms with Crippen LogP contribution in [0.1, 0.15) is 36.2 Å². The van der Waals surface area contributed by atoms with Crippen molar-refractivity contribution in [3.05, 3.63) is 59.7 Å². The zero-order valence-corrected chi connectivity index (χ0v) is 15.2. The molecule has 1 heterocycles. The van der Waals surface area contributed by atoms with Crippen LogP contribution >= 0.6 is 0 Å². The number of ether oxygens (including phenoxy) is 1. The van der Waals surface area contributed by atoms with E-state index in [0.29, 0.717) is 18.7 Å². The highest BCUT2D eigenvalue weighted by molar-refractivity contribution is 6.02. The van der Waals surface area contributed by atoms with Crippen molar-refractivity contribution < 1.29 is 14.3 Å². The summed E-state index contributed by atoms with van der Waals surface area (Å²) in [6.07, 6.45) is 1.91. The number of hydrogen-bond acceptors (Lipinski definition) is 3. The van der Waals surface area contributed by atoms with Gasteiger partial charge in [0.05, 0.1) is 6.61 Å². The van der Waals surface area contributed by atoms with Crippen LogP contribution in [0.15, 0.2) is 48.5 Å². The van der Waals surface area contributed by atoms with Gasteiger partial charge < -0.3 is 15.0 Å². The van der Waals surface area contributed by atoms with Gasteiger partial charge >= 0.3 is 0 Å². The molecule has 5 nitrogen and oxygen atoms in total. The number of carbonyl (C=O) groups is 2. The van der Waals surface area contributed by atoms with Crippen LogP contribution in [0.2, 0.25) is 0 Å². The Morgan fingerprint density at radius 2 is 1.88 bits per heavy atom. The molecule has 1 aliphatic rings. The third-order valence-corrected chi connectivity index (χ3v) is 4.52. The first kappa shape index (κ1) is 18.0. The molecule has 0 bridgehead atoms. The lowest BCUT2D eigenvalue weighted by Gasteiger charge is -2.31. The lowest BCUT2D eigenvalue weighted by Crippen LogP contribution is -2.48. The van der Waals surface area contributed by atoms with Gasteiger partial charge in [0.25, 0.3) is 5.91 Å². The SMILES string of the molecule is CCOc1ccc(C(=O)N[C@@H](C)C(=O)N2CCCc3ccccc32)cc1. The molecule has 1 atom stereocenters. The van der Waals surface area contributed by atoms with Crippen LogP contribution in [0, 0.1) is 0 Å². The first-order valence-corrected chi connectivity index (χ1v) is 9.03. The van der Waals surface area contributed by atoms with Gasteiger partial charge in [-0.25, -0.2) is 0 Å². The molecule has 3 rings (SSSR count). The Kier molecular flexibility index (Phi) is 5.56. The van der Waals surface area contributed by atoms with Gasteiger partial charge in [-0.3, -0.25) is 9.59 Å². The van der Waals surface area contributed by atoms with E-state index in [1.807, 2.05) is 25.1 Å². The molecule has 2 aromatic carbocycles. The lowest BCUT2D eigenvalue weighted by molar-refractivity contribution is -0.120. The normalized spacial score (nSPS) is 14.3. The van der Waals surface area contributed by atoms with Crippen molar-refractivity contribution in [1.82, 2.24) is 5.32 Å². The van der Waals surface area contributed by atoms with E-state index in [1.165, 1.54) is 5.56 Å². The average molecular weight is 352 g/mol. The van der Waals surface area contributed by atoms with Crippen LogP contribution in [0.4, 0.5) is 5.69 Å². The summed E-state index contributed by atoms with van der Waals surface area (Å²) in [6.45, 7) is 4.90. The van der Waals surface area contributed by atoms with Crippen LogP contribution in [0.25, 0.3) is 0 Å². The highest BCUT2D eigenvalue weighted by Gasteiger charge is 2.27. The Balaban J connectivity index is 1.67. The molecule has 0 aromatic heterocycles. The fourth-order valence-electron chi connectivity index (χ4n) is 3.21. The standard InChI is InChI=1S/C21H24N2O3/c1-3-26-18-12-10-17(11-13-18)20(24)22-15(2)21(25)23-14-6-8-16-7-4-5-9-19(16)23/h4-5,7,9-13,15H,3,6,8,14H2,1-2H3,(H,22,24)/t15-/m0/s1. The van der Waals surface area contributed by atoms with Gasteiger partial charge in [0, 0.05) is 17.8 Å². The number of benzene rings is 2. The van der Waals surface area contributed by atoms with Crippen molar-refractivity contribution in [2.24, 2.45) is 0 Å². The Bertz CT molecular complexity index is 786. The van der Waals surface area contributed by atoms with Crippen molar-refractivity contribution in [3.63, 3.8) is 0 Å². The lowest BCUT2D eigenvalue weighted by atomic mass is 10.0. The largest absolute Gasteiger partial charge is 0.494 e. The van der Waals surface area contributed by atoms with E-state index in [1.54, 1.807) is 36.1 Å². The summed E-state index contributed by atoms with van der Waals surface area (Å²) in [7, 11) is 0. The van der Waals surface area contributed by atoms with E-state index in [0.717, 1.165) is 24.3 Å². The molecule has 0 fully saturated rings. The summed E-state index contributed by atoms with van der Waals surface area (Å²) in [4.78, 5) is 27.1. The second-order valence-corrected chi connectivity index (χ2v) is 6.37. The second-order valence-electron chi connectivity index (χ2n) is 6.37. The molecule has 0 spiro atoms. The summed E-state index contributed by atoms with van der Waals surface area (Å²) in [5.74, 6) is 0.369. The average Bonchev–Trinajstić information content (AvgIpc) is 2.67. The molecular formula is C21H24N2O3. The van der Waals surface area contributed by atoms with E-state index < -0.39 is 6.04 Å². The zero-order chi connectivity index (χ0) is 18.5. The van der Waals surface area contributed by atoms with Crippen LogP contribution in [-0.4, -0.2) is 31.0 Å². The molecule has 136 valence electrons. The van der Waals surface area contributed by atoms with Crippen molar-refractivity contribution in [2.75, 3.05) is 18.1 Å². The summed E-state index contributed by atoms with van der Waals surface area (Å²) < 4.78 is 5.38. The van der Waals surface area contributed by atoms with Crippen molar-refractivity contribution in [3.8, 4) is 5.75 Å². The van der Waals surface area contributed by atoms with Gasteiger partial charge in [-0.05, 0) is 62.6 Å². The first-order valence-electron chi connectivity index (χ1n) is 9.03. The van der Waals surface area contributed by atoms with Crippen LogP contribution in [0.3, 0.4) is 0 Å². The van der Waals surface area contributed by atoms with Gasteiger partial charge in [-0.15, -0.1) is 0 Å². The number of anilines is 1. The van der Waals surface area contributed by atoms with Gasteiger partial charge in [0.1, 0.15) is 11.8 Å². The fourth-order valence-corrected chi connectivity index (χ4v) is 3.21. The number of rotatable bonds is 5. The van der Waals surface area contributed by atoms with Crippen LogP contribution in [0.5, 0.6) is 5.75 Å². The van der Waals surface area contributed by atoms with Crippen molar-refractivity contribution >= 4 is 17.5 Å². The van der Waals surface area contributed by atoms with E-state index >= 15 is 0 Å². The molecule has 5 heteroatoms. The number of nitrogens with one attached hydrogen (secondary N) is 1.